The predicted molar refractivity (Wildman–Crippen MR) is 81.3 cm³/mol. The minimum atomic E-state index is -2.52. The number of carbonyl (C=O) groups excluding carboxylic acids is 1. The fourth-order valence-electron chi connectivity index (χ4n) is 2.56. The van der Waals surface area contributed by atoms with Gasteiger partial charge in [0.2, 0.25) is 5.91 Å². The molecular weight excluding hydrogens is 306 g/mol. The van der Waals surface area contributed by atoms with Crippen molar-refractivity contribution in [3.05, 3.63) is 29.8 Å². The Balaban J connectivity index is 1.92. The highest BCUT2D eigenvalue weighted by molar-refractivity contribution is 5.83. The second-order valence-corrected chi connectivity index (χ2v) is 5.63. The van der Waals surface area contributed by atoms with Crippen LogP contribution in [0, 0.1) is 5.41 Å². The van der Waals surface area contributed by atoms with E-state index in [1.165, 1.54) is 0 Å². The quantitative estimate of drug-likeness (QED) is 0.799. The summed E-state index contributed by atoms with van der Waals surface area (Å²) in [6.07, 6.45) is -1.31. The van der Waals surface area contributed by atoms with Crippen molar-refractivity contribution in [3.8, 4) is 5.75 Å². The number of alkyl halides is 2. The van der Waals surface area contributed by atoms with Gasteiger partial charge in [0.05, 0.1) is 5.41 Å². The van der Waals surface area contributed by atoms with Crippen LogP contribution in [0.4, 0.5) is 8.78 Å². The minimum absolute atomic E-state index is 0.0952. The van der Waals surface area contributed by atoms with Gasteiger partial charge in [-0.15, -0.1) is 0 Å². The van der Waals surface area contributed by atoms with Crippen LogP contribution in [0.1, 0.15) is 18.4 Å². The van der Waals surface area contributed by atoms with Crippen molar-refractivity contribution >= 4 is 5.91 Å². The molecule has 1 saturated heterocycles. The summed E-state index contributed by atoms with van der Waals surface area (Å²) >= 11 is 0. The van der Waals surface area contributed by atoms with Crippen LogP contribution in [0.3, 0.4) is 0 Å². The zero-order valence-corrected chi connectivity index (χ0v) is 12.9. The summed E-state index contributed by atoms with van der Waals surface area (Å²) in [4.78, 5) is 12.4. The molecule has 1 heterocycles. The fourth-order valence-corrected chi connectivity index (χ4v) is 2.56. The minimum Gasteiger partial charge on any atom is -0.488 e. The van der Waals surface area contributed by atoms with Crippen LogP contribution >= 0.6 is 0 Å². The molecule has 1 fully saturated rings. The number of benzene rings is 1. The van der Waals surface area contributed by atoms with Gasteiger partial charge >= 0.3 is 0 Å². The number of nitrogens with two attached hydrogens (primary N) is 1. The molecule has 1 aromatic carbocycles. The number of carbonyl (C=O) groups is 1. The molecule has 5 nitrogen and oxygen atoms in total. The topological polar surface area (TPSA) is 73.6 Å². The highest BCUT2D eigenvalue weighted by Crippen LogP contribution is 2.29. The van der Waals surface area contributed by atoms with Crippen LogP contribution in [0.2, 0.25) is 0 Å². The summed E-state index contributed by atoms with van der Waals surface area (Å²) in [6, 6.07) is 6.75. The standard InChI is InChI=1S/C16H22F2N2O3/c17-14(18)10-23-13-3-1-2-12(8-13)9-20-15(21)16(11-19)4-6-22-7-5-16/h1-3,8,14H,4-7,9-11,19H2,(H,20,21). The van der Waals surface area contributed by atoms with Crippen LogP contribution in [0.25, 0.3) is 0 Å². The smallest absolute Gasteiger partial charge is 0.272 e. The van der Waals surface area contributed by atoms with Gasteiger partial charge in [0.1, 0.15) is 12.4 Å². The third-order valence-electron chi connectivity index (χ3n) is 4.05. The van der Waals surface area contributed by atoms with Gasteiger partial charge in [-0.2, -0.15) is 0 Å². The van der Waals surface area contributed by atoms with Crippen LogP contribution in [0.15, 0.2) is 24.3 Å². The molecule has 2 rings (SSSR count). The highest BCUT2D eigenvalue weighted by Gasteiger charge is 2.38. The summed E-state index contributed by atoms with van der Waals surface area (Å²) in [5.41, 5.74) is 5.99. The lowest BCUT2D eigenvalue weighted by Gasteiger charge is -2.34. The van der Waals surface area contributed by atoms with Crippen molar-refractivity contribution in [1.29, 1.82) is 0 Å². The zero-order chi connectivity index (χ0) is 16.7. The van der Waals surface area contributed by atoms with Gasteiger partial charge in [-0.1, -0.05) is 12.1 Å². The van der Waals surface area contributed by atoms with Crippen LogP contribution in [-0.4, -0.2) is 38.7 Å². The van der Waals surface area contributed by atoms with Gasteiger partial charge in [0.25, 0.3) is 6.43 Å². The Labute approximate surface area is 134 Å². The molecule has 0 radical (unpaired) electrons. The lowest BCUT2D eigenvalue weighted by Crippen LogP contribution is -2.48. The number of halogens is 2. The number of hydrogen-bond acceptors (Lipinski definition) is 4. The Hall–Kier alpha value is -1.73. The number of ether oxygens (including phenoxy) is 2. The van der Waals surface area contributed by atoms with E-state index in [4.69, 9.17) is 15.2 Å². The first-order chi connectivity index (χ1) is 11.1. The van der Waals surface area contributed by atoms with E-state index in [2.05, 4.69) is 5.32 Å². The van der Waals surface area contributed by atoms with Crippen molar-refractivity contribution in [2.75, 3.05) is 26.4 Å². The van der Waals surface area contributed by atoms with Crippen molar-refractivity contribution in [1.82, 2.24) is 5.32 Å². The molecule has 1 aliphatic heterocycles. The van der Waals surface area contributed by atoms with Crippen molar-refractivity contribution in [3.63, 3.8) is 0 Å². The summed E-state index contributed by atoms with van der Waals surface area (Å²) in [6.45, 7) is 0.988. The Bertz CT molecular complexity index is 520. The maximum absolute atomic E-state index is 12.4. The first kappa shape index (κ1) is 17.6. The van der Waals surface area contributed by atoms with E-state index in [0.29, 0.717) is 38.3 Å². The molecule has 0 bridgehead atoms. The van der Waals surface area contributed by atoms with Crippen molar-refractivity contribution in [2.24, 2.45) is 11.1 Å². The van der Waals surface area contributed by atoms with Gasteiger partial charge in [0.15, 0.2) is 0 Å². The molecule has 23 heavy (non-hydrogen) atoms. The molecule has 0 aromatic heterocycles. The van der Waals surface area contributed by atoms with Crippen LogP contribution in [-0.2, 0) is 16.1 Å². The van der Waals surface area contributed by atoms with E-state index >= 15 is 0 Å². The van der Waals surface area contributed by atoms with Gasteiger partial charge in [-0.3, -0.25) is 4.79 Å². The molecule has 1 aromatic rings. The largest absolute Gasteiger partial charge is 0.488 e. The Morgan fingerprint density at radius 1 is 1.39 bits per heavy atom. The Morgan fingerprint density at radius 3 is 2.78 bits per heavy atom. The Kier molecular flexibility index (Phi) is 6.29. The normalized spacial score (nSPS) is 17.0. The van der Waals surface area contributed by atoms with E-state index in [0.717, 1.165) is 5.56 Å². The molecule has 128 valence electrons. The third kappa shape index (κ3) is 4.87. The van der Waals surface area contributed by atoms with Gasteiger partial charge in [-0.05, 0) is 30.5 Å². The number of amides is 1. The molecular formula is C16H22F2N2O3. The van der Waals surface area contributed by atoms with E-state index in [9.17, 15) is 13.6 Å². The molecule has 0 unspecified atom stereocenters. The SMILES string of the molecule is NCC1(C(=O)NCc2cccc(OCC(F)F)c2)CCOCC1. The average molecular weight is 328 g/mol. The number of rotatable bonds is 7. The van der Waals surface area contributed by atoms with Crippen molar-refractivity contribution < 1.29 is 23.0 Å². The lowest BCUT2D eigenvalue weighted by atomic mass is 9.79. The average Bonchev–Trinajstić information content (AvgIpc) is 2.58. The molecule has 0 atom stereocenters. The molecule has 0 aliphatic carbocycles. The Morgan fingerprint density at radius 2 is 2.13 bits per heavy atom. The van der Waals surface area contributed by atoms with Crippen LogP contribution < -0.4 is 15.8 Å². The summed E-state index contributed by atoms with van der Waals surface area (Å²) in [5.74, 6) is 0.263. The van der Waals surface area contributed by atoms with Gasteiger partial charge in [0, 0.05) is 26.3 Å². The molecule has 1 aliphatic rings. The van der Waals surface area contributed by atoms with Crippen LogP contribution in [0.5, 0.6) is 5.75 Å². The highest BCUT2D eigenvalue weighted by atomic mass is 19.3. The fraction of sp³-hybridized carbons (Fsp3) is 0.562. The zero-order valence-electron chi connectivity index (χ0n) is 12.9. The second kappa shape index (κ2) is 8.21. The molecule has 1 amide bonds. The van der Waals surface area contributed by atoms with Crippen molar-refractivity contribution in [2.45, 2.75) is 25.8 Å². The number of nitrogens with one attached hydrogen (secondary N) is 1. The molecule has 0 spiro atoms. The first-order valence-corrected chi connectivity index (χ1v) is 7.62. The van der Waals surface area contributed by atoms with E-state index in [-0.39, 0.29) is 12.5 Å². The maximum atomic E-state index is 12.4. The first-order valence-electron chi connectivity index (χ1n) is 7.62. The molecule has 0 saturated carbocycles. The lowest BCUT2D eigenvalue weighted by molar-refractivity contribution is -0.136. The predicted octanol–water partition coefficient (Wildman–Crippen LogP) is 1.70. The monoisotopic (exact) mass is 328 g/mol. The second-order valence-electron chi connectivity index (χ2n) is 5.63. The summed E-state index contributed by atoms with van der Waals surface area (Å²) in [7, 11) is 0. The third-order valence-corrected chi connectivity index (χ3v) is 4.05. The van der Waals surface area contributed by atoms with E-state index in [1.807, 2.05) is 0 Å². The summed E-state index contributed by atoms with van der Waals surface area (Å²) < 4.78 is 34.6. The van der Waals surface area contributed by atoms with Gasteiger partial charge in [-0.25, -0.2) is 8.78 Å². The molecule has 7 heteroatoms. The summed E-state index contributed by atoms with van der Waals surface area (Å²) in [5, 5.41) is 2.87. The van der Waals surface area contributed by atoms with E-state index < -0.39 is 18.4 Å². The van der Waals surface area contributed by atoms with E-state index in [1.54, 1.807) is 24.3 Å². The molecule has 3 N–H and O–H groups in total. The number of hydrogen-bond donors (Lipinski definition) is 2. The van der Waals surface area contributed by atoms with Gasteiger partial charge < -0.3 is 20.5 Å². The maximum Gasteiger partial charge on any atom is 0.272 e.